The predicted octanol–water partition coefficient (Wildman–Crippen LogP) is 5.43. The molecule has 150 valence electrons. The third-order valence-electron chi connectivity index (χ3n) is 4.20. The molecule has 0 saturated carbocycles. The van der Waals surface area contributed by atoms with Gasteiger partial charge in [0.2, 0.25) is 0 Å². The zero-order valence-electron chi connectivity index (χ0n) is 16.0. The molecule has 0 atom stereocenters. The molecule has 0 spiro atoms. The summed E-state index contributed by atoms with van der Waals surface area (Å²) in [5.41, 5.74) is 2.82. The van der Waals surface area contributed by atoms with Gasteiger partial charge in [-0.1, -0.05) is 30.7 Å². The summed E-state index contributed by atoms with van der Waals surface area (Å²) in [6.45, 7) is 2.10. The molecule has 0 aliphatic heterocycles. The number of rotatable bonds is 7. The zero-order chi connectivity index (χ0) is 20.9. The van der Waals surface area contributed by atoms with Gasteiger partial charge in [-0.2, -0.15) is 8.42 Å². The van der Waals surface area contributed by atoms with Gasteiger partial charge in [0.1, 0.15) is 4.90 Å². The molecule has 0 aliphatic rings. The largest absolute Gasteiger partial charge is 0.493 e. The highest BCUT2D eigenvalue weighted by atomic mass is 35.5. The molecular formula is C22H20ClNO4S. The molecule has 3 aromatic carbocycles. The Morgan fingerprint density at radius 1 is 0.966 bits per heavy atom. The molecule has 5 nitrogen and oxygen atoms in total. The lowest BCUT2D eigenvalue weighted by molar-refractivity contribution is 0.390. The zero-order valence-corrected chi connectivity index (χ0v) is 17.6. The normalized spacial score (nSPS) is 11.6. The number of ether oxygens (including phenoxy) is 1. The van der Waals surface area contributed by atoms with Crippen LogP contribution in [0, 0.1) is 0 Å². The van der Waals surface area contributed by atoms with Crippen molar-refractivity contribution >= 4 is 33.6 Å². The second-order valence-electron chi connectivity index (χ2n) is 6.18. The lowest BCUT2D eigenvalue weighted by Gasteiger charge is -2.11. The first-order valence-corrected chi connectivity index (χ1v) is 10.7. The third-order valence-corrected chi connectivity index (χ3v) is 5.70. The number of hydrogen-bond donors (Lipinski definition) is 0. The first-order chi connectivity index (χ1) is 13.9. The van der Waals surface area contributed by atoms with Gasteiger partial charge in [0, 0.05) is 11.2 Å². The summed E-state index contributed by atoms with van der Waals surface area (Å²) in [6.07, 6.45) is 2.66. The van der Waals surface area contributed by atoms with E-state index in [1.807, 2.05) is 24.3 Å². The van der Waals surface area contributed by atoms with Crippen LogP contribution in [0.4, 0.5) is 5.69 Å². The van der Waals surface area contributed by atoms with E-state index < -0.39 is 10.1 Å². The molecule has 0 fully saturated rings. The lowest BCUT2D eigenvalue weighted by Crippen LogP contribution is -2.10. The Morgan fingerprint density at radius 3 is 2.28 bits per heavy atom. The van der Waals surface area contributed by atoms with Crippen LogP contribution in [0.25, 0.3) is 0 Å². The van der Waals surface area contributed by atoms with Crippen molar-refractivity contribution in [1.29, 1.82) is 0 Å². The van der Waals surface area contributed by atoms with Gasteiger partial charge < -0.3 is 8.92 Å². The smallest absolute Gasteiger partial charge is 0.339 e. The Labute approximate surface area is 175 Å². The van der Waals surface area contributed by atoms with Gasteiger partial charge in [0.25, 0.3) is 0 Å². The molecule has 3 aromatic rings. The summed E-state index contributed by atoms with van der Waals surface area (Å²) >= 11 is 5.81. The van der Waals surface area contributed by atoms with E-state index in [2.05, 4.69) is 11.9 Å². The van der Waals surface area contributed by atoms with Gasteiger partial charge in [-0.05, 0) is 72.1 Å². The van der Waals surface area contributed by atoms with Crippen LogP contribution >= 0.6 is 11.6 Å². The average Bonchev–Trinajstić information content (AvgIpc) is 2.73. The molecule has 0 amide bonds. The molecule has 0 radical (unpaired) electrons. The minimum absolute atomic E-state index is 0.00474. The Bertz CT molecular complexity index is 1110. The predicted molar refractivity (Wildman–Crippen MR) is 115 cm³/mol. The highest BCUT2D eigenvalue weighted by Gasteiger charge is 2.19. The monoisotopic (exact) mass is 429 g/mol. The fourth-order valence-electron chi connectivity index (χ4n) is 2.57. The van der Waals surface area contributed by atoms with Crippen molar-refractivity contribution in [3.05, 3.63) is 82.9 Å². The van der Waals surface area contributed by atoms with Gasteiger partial charge >= 0.3 is 10.1 Å². The summed E-state index contributed by atoms with van der Waals surface area (Å²) in [5.74, 6) is 0.375. The van der Waals surface area contributed by atoms with Crippen molar-refractivity contribution in [1.82, 2.24) is 0 Å². The van der Waals surface area contributed by atoms with Gasteiger partial charge in [-0.15, -0.1) is 0 Å². The second kappa shape index (κ2) is 9.11. The fraction of sp³-hybridized carbons (Fsp3) is 0.136. The molecule has 0 heterocycles. The molecule has 0 bridgehead atoms. The minimum Gasteiger partial charge on any atom is -0.493 e. The maximum Gasteiger partial charge on any atom is 0.339 e. The number of halogens is 1. The Morgan fingerprint density at radius 2 is 1.66 bits per heavy atom. The van der Waals surface area contributed by atoms with Crippen LogP contribution in [0.5, 0.6) is 11.5 Å². The van der Waals surface area contributed by atoms with Gasteiger partial charge in [0.15, 0.2) is 11.5 Å². The SMILES string of the molecule is CCc1ccc(N=Cc2ccc(OS(=O)(=O)c3ccc(Cl)cc3)c(OC)c2)cc1. The van der Waals surface area contributed by atoms with Crippen LogP contribution < -0.4 is 8.92 Å². The van der Waals surface area contributed by atoms with Crippen LogP contribution in [0.15, 0.2) is 76.6 Å². The van der Waals surface area contributed by atoms with E-state index in [-0.39, 0.29) is 16.4 Å². The highest BCUT2D eigenvalue weighted by molar-refractivity contribution is 7.87. The number of methoxy groups -OCH3 is 1. The minimum atomic E-state index is -4.01. The average molecular weight is 430 g/mol. The van der Waals surface area contributed by atoms with Gasteiger partial charge in [-0.25, -0.2) is 0 Å². The number of benzene rings is 3. The van der Waals surface area contributed by atoms with Crippen LogP contribution in [-0.2, 0) is 16.5 Å². The molecule has 0 unspecified atom stereocenters. The number of nitrogens with zero attached hydrogens (tertiary/aromatic N) is 1. The number of aliphatic imine (C=N–C) groups is 1. The van der Waals surface area contributed by atoms with E-state index in [1.54, 1.807) is 18.3 Å². The maximum atomic E-state index is 12.5. The second-order valence-corrected chi connectivity index (χ2v) is 8.16. The molecule has 0 N–H and O–H groups in total. The van der Waals surface area contributed by atoms with Crippen molar-refractivity contribution < 1.29 is 17.3 Å². The first kappa shape index (κ1) is 20.9. The molecule has 0 saturated heterocycles. The van der Waals surface area contributed by atoms with Crippen molar-refractivity contribution in [2.75, 3.05) is 7.11 Å². The first-order valence-electron chi connectivity index (χ1n) is 8.92. The number of hydrogen-bond acceptors (Lipinski definition) is 5. The van der Waals surface area contributed by atoms with E-state index in [0.29, 0.717) is 5.02 Å². The van der Waals surface area contributed by atoms with Crippen molar-refractivity contribution in [3.8, 4) is 11.5 Å². The number of aryl methyl sites for hydroxylation is 1. The lowest BCUT2D eigenvalue weighted by atomic mass is 10.1. The quantitative estimate of drug-likeness (QED) is 0.371. The standard InChI is InChI=1S/C22H20ClNO4S/c1-3-16-4-9-19(10-5-16)24-15-17-6-13-21(22(14-17)27-2)28-29(25,26)20-11-7-18(23)8-12-20/h4-15H,3H2,1-2H3. The summed E-state index contributed by atoms with van der Waals surface area (Å²) < 4.78 is 35.5. The summed E-state index contributed by atoms with van der Waals surface area (Å²) in [6, 6.07) is 18.6. The Balaban J connectivity index is 1.81. The molecule has 3 rings (SSSR count). The highest BCUT2D eigenvalue weighted by Crippen LogP contribution is 2.31. The van der Waals surface area contributed by atoms with E-state index in [0.717, 1.165) is 17.7 Å². The van der Waals surface area contributed by atoms with E-state index in [4.69, 9.17) is 20.5 Å². The van der Waals surface area contributed by atoms with Crippen LogP contribution in [0.1, 0.15) is 18.1 Å². The molecule has 29 heavy (non-hydrogen) atoms. The topological polar surface area (TPSA) is 65.0 Å². The summed E-state index contributed by atoms with van der Waals surface area (Å²) in [5, 5.41) is 0.439. The molecular weight excluding hydrogens is 410 g/mol. The van der Waals surface area contributed by atoms with Gasteiger partial charge in [-0.3, -0.25) is 4.99 Å². The van der Waals surface area contributed by atoms with Crippen LogP contribution in [-0.4, -0.2) is 21.7 Å². The molecule has 7 heteroatoms. The molecule has 0 aromatic heterocycles. The van der Waals surface area contributed by atoms with Crippen LogP contribution in [0.3, 0.4) is 0 Å². The van der Waals surface area contributed by atoms with E-state index >= 15 is 0 Å². The van der Waals surface area contributed by atoms with Crippen molar-refractivity contribution in [2.24, 2.45) is 4.99 Å². The van der Waals surface area contributed by atoms with Crippen LogP contribution in [0.2, 0.25) is 5.02 Å². The Hall–Kier alpha value is -2.83. The fourth-order valence-corrected chi connectivity index (χ4v) is 3.63. The maximum absolute atomic E-state index is 12.5. The summed E-state index contributed by atoms with van der Waals surface area (Å²) in [4.78, 5) is 4.44. The Kier molecular flexibility index (Phi) is 6.56. The third kappa shape index (κ3) is 5.37. The summed E-state index contributed by atoms with van der Waals surface area (Å²) in [7, 11) is -2.56. The van der Waals surface area contributed by atoms with Crippen molar-refractivity contribution in [3.63, 3.8) is 0 Å². The molecule has 0 aliphatic carbocycles. The van der Waals surface area contributed by atoms with E-state index in [9.17, 15) is 8.42 Å². The van der Waals surface area contributed by atoms with Crippen molar-refractivity contribution in [2.45, 2.75) is 18.2 Å². The van der Waals surface area contributed by atoms with E-state index in [1.165, 1.54) is 43.0 Å². The van der Waals surface area contributed by atoms with Gasteiger partial charge in [0.05, 0.1) is 12.8 Å².